The molecule has 0 spiro atoms. The Hall–Kier alpha value is -3.01. The van der Waals surface area contributed by atoms with E-state index in [0.29, 0.717) is 23.1 Å². The lowest BCUT2D eigenvalue weighted by Gasteiger charge is -2.30. The third kappa shape index (κ3) is 3.61. The number of carbonyl (C=O) groups excluding carboxylic acids is 1. The minimum absolute atomic E-state index is 0.0589. The molecule has 0 aromatic heterocycles. The van der Waals surface area contributed by atoms with E-state index in [1.165, 1.54) is 0 Å². The Labute approximate surface area is 159 Å². The third-order valence-electron chi connectivity index (χ3n) is 4.53. The van der Waals surface area contributed by atoms with Crippen LogP contribution in [0.4, 0.5) is 0 Å². The van der Waals surface area contributed by atoms with Gasteiger partial charge in [-0.3, -0.25) is 4.79 Å². The highest BCUT2D eigenvalue weighted by molar-refractivity contribution is 6.13. The van der Waals surface area contributed by atoms with Crippen LogP contribution in [0.2, 0.25) is 0 Å². The molecule has 0 aliphatic carbocycles. The Balaban J connectivity index is 2.27. The number of ether oxygens (including phenoxy) is 1. The summed E-state index contributed by atoms with van der Waals surface area (Å²) in [4.78, 5) is 13.2. The van der Waals surface area contributed by atoms with Crippen molar-refractivity contribution in [3.8, 4) is 17.2 Å². The Morgan fingerprint density at radius 2 is 1.78 bits per heavy atom. The van der Waals surface area contributed by atoms with Crippen molar-refractivity contribution in [2.75, 3.05) is 0 Å². The third-order valence-corrected chi connectivity index (χ3v) is 4.53. The molecule has 2 aromatic carbocycles. The van der Waals surface area contributed by atoms with Gasteiger partial charge in [0, 0.05) is 11.1 Å². The highest BCUT2D eigenvalue weighted by Gasteiger charge is 2.33. The molecule has 0 atom stereocenters. The fourth-order valence-electron chi connectivity index (χ4n) is 3.06. The first-order valence-electron chi connectivity index (χ1n) is 8.93. The number of rotatable bonds is 4. The summed E-state index contributed by atoms with van der Waals surface area (Å²) in [6.45, 7) is 7.59. The first-order valence-corrected chi connectivity index (χ1v) is 8.93. The van der Waals surface area contributed by atoms with Gasteiger partial charge in [-0.1, -0.05) is 42.0 Å². The molecule has 3 rings (SSSR count). The molecule has 0 amide bonds. The Kier molecular flexibility index (Phi) is 4.83. The summed E-state index contributed by atoms with van der Waals surface area (Å²) in [6, 6.07) is 8.75. The summed E-state index contributed by atoms with van der Waals surface area (Å²) in [6.07, 6.45) is 5.80. The molecule has 2 N–H and O–H groups in total. The molecular weight excluding hydrogens is 340 g/mol. The SMILES string of the molecule is CC(C)=CCc1c(O)c2c(c(C(=O)c3ccccc3)c1O)OC(C)(C)C=C2. The van der Waals surface area contributed by atoms with Crippen LogP contribution in [0.25, 0.3) is 6.08 Å². The molecule has 0 bridgehead atoms. The van der Waals surface area contributed by atoms with E-state index in [1.807, 2.05) is 45.9 Å². The second-order valence-corrected chi connectivity index (χ2v) is 7.51. The molecule has 0 saturated heterocycles. The van der Waals surface area contributed by atoms with E-state index in [4.69, 9.17) is 4.74 Å². The Bertz CT molecular complexity index is 946. The summed E-state index contributed by atoms with van der Waals surface area (Å²) < 4.78 is 5.99. The molecule has 0 saturated carbocycles. The van der Waals surface area contributed by atoms with Gasteiger partial charge in [0.05, 0.1) is 5.56 Å². The molecule has 0 fully saturated rings. The summed E-state index contributed by atoms with van der Waals surface area (Å²) in [5.41, 5.74) is 1.67. The number of carbonyl (C=O) groups is 1. The maximum atomic E-state index is 13.2. The molecule has 1 aliphatic rings. The molecule has 1 heterocycles. The van der Waals surface area contributed by atoms with Crippen LogP contribution in [0, 0.1) is 0 Å². The van der Waals surface area contributed by atoms with Crippen molar-refractivity contribution in [2.24, 2.45) is 0 Å². The zero-order chi connectivity index (χ0) is 19.8. The lowest BCUT2D eigenvalue weighted by molar-refractivity contribution is 0.102. The van der Waals surface area contributed by atoms with Crippen molar-refractivity contribution in [2.45, 2.75) is 39.7 Å². The number of hydrogen-bond donors (Lipinski definition) is 2. The van der Waals surface area contributed by atoms with Gasteiger partial charge in [-0.25, -0.2) is 0 Å². The van der Waals surface area contributed by atoms with Crippen molar-refractivity contribution in [3.05, 3.63) is 70.3 Å². The summed E-state index contributed by atoms with van der Waals surface area (Å²) in [5.74, 6) is -0.415. The van der Waals surface area contributed by atoms with Gasteiger partial charge in [-0.05, 0) is 46.3 Å². The van der Waals surface area contributed by atoms with Gasteiger partial charge >= 0.3 is 0 Å². The van der Waals surface area contributed by atoms with Crippen molar-refractivity contribution < 1.29 is 19.7 Å². The molecule has 0 radical (unpaired) electrons. The molecule has 4 heteroatoms. The standard InChI is InChI=1S/C23H24O4/c1-14(2)10-11-16-20(25)17-12-13-23(3,4)27-22(17)18(21(16)26)19(24)15-8-6-5-7-9-15/h5-10,12-13,25-26H,11H2,1-4H3. The number of aromatic hydroxyl groups is 2. The van der Waals surface area contributed by atoms with E-state index < -0.39 is 5.60 Å². The first kappa shape index (κ1) is 18.8. The maximum Gasteiger partial charge on any atom is 0.200 e. The predicted octanol–water partition coefficient (Wildman–Crippen LogP) is 5.02. The summed E-state index contributed by atoms with van der Waals surface area (Å²) >= 11 is 0. The quantitative estimate of drug-likeness (QED) is 0.590. The lowest BCUT2D eigenvalue weighted by atomic mass is 9.90. The van der Waals surface area contributed by atoms with E-state index in [0.717, 1.165) is 5.57 Å². The van der Waals surface area contributed by atoms with Crippen LogP contribution in [0.5, 0.6) is 17.2 Å². The number of allylic oxidation sites excluding steroid dienone is 2. The maximum absolute atomic E-state index is 13.2. The van der Waals surface area contributed by atoms with Gasteiger partial charge in [-0.15, -0.1) is 0 Å². The van der Waals surface area contributed by atoms with Crippen LogP contribution >= 0.6 is 0 Å². The fourth-order valence-corrected chi connectivity index (χ4v) is 3.06. The second kappa shape index (κ2) is 6.95. The number of benzene rings is 2. The largest absolute Gasteiger partial charge is 0.507 e. The molecule has 1 aliphatic heterocycles. The van der Waals surface area contributed by atoms with Crippen molar-refractivity contribution in [3.63, 3.8) is 0 Å². The van der Waals surface area contributed by atoms with E-state index in [1.54, 1.807) is 30.3 Å². The second-order valence-electron chi connectivity index (χ2n) is 7.51. The van der Waals surface area contributed by atoms with E-state index in [9.17, 15) is 15.0 Å². The molecule has 2 aromatic rings. The average Bonchev–Trinajstić information content (AvgIpc) is 2.61. The van der Waals surface area contributed by atoms with Gasteiger partial charge < -0.3 is 14.9 Å². The van der Waals surface area contributed by atoms with E-state index >= 15 is 0 Å². The zero-order valence-corrected chi connectivity index (χ0v) is 16.0. The molecule has 140 valence electrons. The zero-order valence-electron chi connectivity index (χ0n) is 16.0. The minimum Gasteiger partial charge on any atom is -0.507 e. The number of hydrogen-bond acceptors (Lipinski definition) is 4. The van der Waals surface area contributed by atoms with Gasteiger partial charge in [-0.2, -0.15) is 0 Å². The lowest BCUT2D eigenvalue weighted by Crippen LogP contribution is -2.29. The van der Waals surface area contributed by atoms with Crippen molar-refractivity contribution in [1.82, 2.24) is 0 Å². The van der Waals surface area contributed by atoms with Gasteiger partial charge in [0.1, 0.15) is 28.4 Å². The smallest absolute Gasteiger partial charge is 0.200 e. The number of phenols is 2. The first-order chi connectivity index (χ1) is 12.7. The summed E-state index contributed by atoms with van der Waals surface area (Å²) in [7, 11) is 0. The van der Waals surface area contributed by atoms with Crippen molar-refractivity contribution >= 4 is 11.9 Å². The van der Waals surface area contributed by atoms with E-state index in [2.05, 4.69) is 0 Å². The Morgan fingerprint density at radius 1 is 1.11 bits per heavy atom. The number of phenolic OH excluding ortho intramolecular Hbond substituents is 2. The van der Waals surface area contributed by atoms with Crippen LogP contribution in [0.15, 0.2) is 48.1 Å². The van der Waals surface area contributed by atoms with Crippen LogP contribution in [0.3, 0.4) is 0 Å². The van der Waals surface area contributed by atoms with Crippen LogP contribution in [-0.2, 0) is 6.42 Å². The summed E-state index contributed by atoms with van der Waals surface area (Å²) in [5, 5.41) is 21.7. The normalized spacial score (nSPS) is 14.2. The molecule has 0 unspecified atom stereocenters. The minimum atomic E-state index is -0.654. The van der Waals surface area contributed by atoms with E-state index in [-0.39, 0.29) is 28.6 Å². The predicted molar refractivity (Wildman–Crippen MR) is 107 cm³/mol. The monoisotopic (exact) mass is 364 g/mol. The van der Waals surface area contributed by atoms with Gasteiger partial charge in [0.2, 0.25) is 5.78 Å². The molecule has 27 heavy (non-hydrogen) atoms. The van der Waals surface area contributed by atoms with Crippen LogP contribution in [0.1, 0.15) is 54.7 Å². The number of ketones is 1. The molecule has 4 nitrogen and oxygen atoms in total. The van der Waals surface area contributed by atoms with Crippen LogP contribution < -0.4 is 4.74 Å². The van der Waals surface area contributed by atoms with Gasteiger partial charge in [0.15, 0.2) is 0 Å². The average molecular weight is 364 g/mol. The van der Waals surface area contributed by atoms with Gasteiger partial charge in [0.25, 0.3) is 0 Å². The van der Waals surface area contributed by atoms with Crippen molar-refractivity contribution in [1.29, 1.82) is 0 Å². The number of fused-ring (bicyclic) bond motifs is 1. The Morgan fingerprint density at radius 3 is 2.41 bits per heavy atom. The highest BCUT2D eigenvalue weighted by atomic mass is 16.5. The highest BCUT2D eigenvalue weighted by Crippen LogP contribution is 2.47. The fraction of sp³-hybridized carbons (Fsp3) is 0.261. The van der Waals surface area contributed by atoms with Crippen LogP contribution in [-0.4, -0.2) is 21.6 Å². The topological polar surface area (TPSA) is 66.8 Å². The molecular formula is C23H24O4.